The number of nitrogens with one attached hydrogen (secondary N) is 1. The number of benzene rings is 1. The van der Waals surface area contributed by atoms with Crippen molar-refractivity contribution < 1.29 is 14.3 Å². The van der Waals surface area contributed by atoms with E-state index in [0.29, 0.717) is 11.3 Å². The molecule has 1 aromatic carbocycles. The fourth-order valence-corrected chi connectivity index (χ4v) is 2.50. The van der Waals surface area contributed by atoms with E-state index >= 15 is 0 Å². The lowest BCUT2D eigenvalue weighted by atomic mass is 10.3. The van der Waals surface area contributed by atoms with Gasteiger partial charge in [-0.1, -0.05) is 22.0 Å². The van der Waals surface area contributed by atoms with Crippen molar-refractivity contribution in [2.45, 2.75) is 13.0 Å². The number of esters is 1. The van der Waals surface area contributed by atoms with Crippen molar-refractivity contribution in [3.8, 4) is 0 Å². The third kappa shape index (κ3) is 3.91. The highest BCUT2D eigenvalue weighted by molar-refractivity contribution is 9.10. The fourth-order valence-electron chi connectivity index (χ4n) is 1.47. The molecule has 0 aliphatic carbocycles. The first kappa shape index (κ1) is 14.7. The van der Waals surface area contributed by atoms with Crippen LogP contribution in [0.4, 0.5) is 5.69 Å². The molecule has 0 saturated heterocycles. The van der Waals surface area contributed by atoms with E-state index in [0.717, 1.165) is 4.47 Å². The monoisotopic (exact) mass is 353 g/mol. The zero-order valence-electron chi connectivity index (χ0n) is 10.6. The summed E-state index contributed by atoms with van der Waals surface area (Å²) >= 11 is 4.72. The molecule has 0 aliphatic rings. The van der Waals surface area contributed by atoms with E-state index in [-0.39, 0.29) is 5.91 Å². The molecule has 0 aliphatic heterocycles. The highest BCUT2D eigenvalue weighted by Crippen LogP contribution is 2.16. The number of hydrogen-bond donors (Lipinski definition) is 1. The Bertz CT molecular complexity index is 613. The van der Waals surface area contributed by atoms with Crippen LogP contribution >= 0.6 is 27.3 Å². The van der Waals surface area contributed by atoms with Gasteiger partial charge < -0.3 is 10.1 Å². The van der Waals surface area contributed by atoms with Crippen molar-refractivity contribution in [1.82, 2.24) is 0 Å². The van der Waals surface area contributed by atoms with Crippen molar-refractivity contribution in [3.63, 3.8) is 0 Å². The van der Waals surface area contributed by atoms with Crippen LogP contribution in [0.5, 0.6) is 0 Å². The van der Waals surface area contributed by atoms with Crippen molar-refractivity contribution >= 4 is 44.8 Å². The maximum Gasteiger partial charge on any atom is 0.339 e. The van der Waals surface area contributed by atoms with Crippen LogP contribution in [0, 0.1) is 0 Å². The molecule has 2 rings (SSSR count). The van der Waals surface area contributed by atoms with Crippen molar-refractivity contribution in [2.75, 3.05) is 5.32 Å². The van der Waals surface area contributed by atoms with Crippen LogP contribution in [0.3, 0.4) is 0 Å². The third-order valence-corrected chi connectivity index (χ3v) is 3.68. The summed E-state index contributed by atoms with van der Waals surface area (Å²) in [5.41, 5.74) is 1.10. The van der Waals surface area contributed by atoms with Gasteiger partial charge in [-0.15, -0.1) is 0 Å². The van der Waals surface area contributed by atoms with Gasteiger partial charge in [0, 0.05) is 15.5 Å². The summed E-state index contributed by atoms with van der Waals surface area (Å²) in [6, 6.07) is 8.85. The summed E-state index contributed by atoms with van der Waals surface area (Å²) in [5.74, 6) is -0.866. The van der Waals surface area contributed by atoms with Gasteiger partial charge in [0.1, 0.15) is 0 Å². The van der Waals surface area contributed by atoms with Crippen molar-refractivity contribution in [3.05, 3.63) is 51.1 Å². The molecule has 0 saturated carbocycles. The second-order valence-corrected chi connectivity index (χ2v) is 5.75. The summed E-state index contributed by atoms with van der Waals surface area (Å²) < 4.78 is 5.96. The first-order valence-electron chi connectivity index (χ1n) is 5.86. The molecule has 1 N–H and O–H groups in total. The number of hydrogen-bond acceptors (Lipinski definition) is 4. The van der Waals surface area contributed by atoms with Crippen LogP contribution in [0.15, 0.2) is 45.6 Å². The Hall–Kier alpha value is -1.66. The van der Waals surface area contributed by atoms with Crippen molar-refractivity contribution in [1.29, 1.82) is 0 Å². The normalized spacial score (nSPS) is 11.7. The number of halogens is 1. The van der Waals surface area contributed by atoms with Crippen LogP contribution in [-0.2, 0) is 9.53 Å². The van der Waals surface area contributed by atoms with Gasteiger partial charge in [0.15, 0.2) is 6.10 Å². The number of amides is 1. The molecule has 0 fully saturated rings. The molecule has 104 valence electrons. The summed E-state index contributed by atoms with van der Waals surface area (Å²) in [6.07, 6.45) is -0.860. The zero-order chi connectivity index (χ0) is 14.5. The zero-order valence-corrected chi connectivity index (χ0v) is 13.0. The first-order valence-corrected chi connectivity index (χ1v) is 7.59. The molecule has 1 amide bonds. The number of ether oxygens (including phenoxy) is 1. The molecule has 2 aromatic rings. The lowest BCUT2D eigenvalue weighted by molar-refractivity contribution is -0.123. The van der Waals surface area contributed by atoms with Gasteiger partial charge >= 0.3 is 5.97 Å². The Morgan fingerprint density at radius 2 is 2.15 bits per heavy atom. The molecule has 1 heterocycles. The summed E-state index contributed by atoms with van der Waals surface area (Å²) in [5, 5.41) is 6.15. The average molecular weight is 354 g/mol. The minimum Gasteiger partial charge on any atom is -0.449 e. The molecule has 0 spiro atoms. The highest BCUT2D eigenvalue weighted by atomic mass is 79.9. The highest BCUT2D eigenvalue weighted by Gasteiger charge is 2.19. The van der Waals surface area contributed by atoms with Crippen LogP contribution < -0.4 is 5.32 Å². The Labute approximate surface area is 128 Å². The van der Waals surface area contributed by atoms with E-state index < -0.39 is 12.1 Å². The molecular formula is C14H12BrNO3S. The van der Waals surface area contributed by atoms with E-state index in [2.05, 4.69) is 21.2 Å². The lowest BCUT2D eigenvalue weighted by Crippen LogP contribution is -2.29. The molecular weight excluding hydrogens is 342 g/mol. The summed E-state index contributed by atoms with van der Waals surface area (Å²) in [4.78, 5) is 23.7. The predicted octanol–water partition coefficient (Wildman–Crippen LogP) is 3.69. The maximum atomic E-state index is 11.9. The number of carbonyl (C=O) groups excluding carboxylic acids is 2. The number of thiophene rings is 1. The van der Waals surface area contributed by atoms with Crippen LogP contribution in [-0.4, -0.2) is 18.0 Å². The van der Waals surface area contributed by atoms with Crippen molar-refractivity contribution in [2.24, 2.45) is 0 Å². The fraction of sp³-hybridized carbons (Fsp3) is 0.143. The largest absolute Gasteiger partial charge is 0.449 e. The second-order valence-electron chi connectivity index (χ2n) is 4.06. The Balaban J connectivity index is 1.94. The molecule has 0 radical (unpaired) electrons. The smallest absolute Gasteiger partial charge is 0.339 e. The molecule has 20 heavy (non-hydrogen) atoms. The third-order valence-electron chi connectivity index (χ3n) is 2.50. The topological polar surface area (TPSA) is 55.4 Å². The van der Waals surface area contributed by atoms with Gasteiger partial charge in [-0.05, 0) is 36.6 Å². The molecule has 1 atom stereocenters. The van der Waals surface area contributed by atoms with E-state index in [9.17, 15) is 9.59 Å². The van der Waals surface area contributed by atoms with E-state index in [4.69, 9.17) is 4.74 Å². The minimum absolute atomic E-state index is 0.369. The van der Waals surface area contributed by atoms with Crippen LogP contribution in [0.25, 0.3) is 0 Å². The molecule has 1 aromatic heterocycles. The number of carbonyl (C=O) groups is 2. The van der Waals surface area contributed by atoms with Gasteiger partial charge in [0.2, 0.25) is 0 Å². The van der Waals surface area contributed by atoms with E-state index in [1.54, 1.807) is 29.0 Å². The summed E-state index contributed by atoms with van der Waals surface area (Å²) in [6.45, 7) is 1.54. The molecule has 0 bridgehead atoms. The lowest BCUT2D eigenvalue weighted by Gasteiger charge is -2.13. The summed E-state index contributed by atoms with van der Waals surface area (Å²) in [7, 11) is 0. The number of anilines is 1. The Morgan fingerprint density at radius 3 is 2.80 bits per heavy atom. The average Bonchev–Trinajstić information content (AvgIpc) is 2.92. The van der Waals surface area contributed by atoms with Gasteiger partial charge in [-0.2, -0.15) is 11.3 Å². The van der Waals surface area contributed by atoms with Crippen LogP contribution in [0.2, 0.25) is 0 Å². The Morgan fingerprint density at radius 1 is 1.35 bits per heavy atom. The van der Waals surface area contributed by atoms with E-state index in [1.165, 1.54) is 18.3 Å². The van der Waals surface area contributed by atoms with Gasteiger partial charge in [0.05, 0.1) is 5.56 Å². The maximum absolute atomic E-state index is 11.9. The quantitative estimate of drug-likeness (QED) is 0.852. The van der Waals surface area contributed by atoms with E-state index in [1.807, 2.05) is 12.1 Å². The molecule has 4 nitrogen and oxygen atoms in total. The molecule has 0 unspecified atom stereocenters. The molecule has 6 heteroatoms. The van der Waals surface area contributed by atoms with Gasteiger partial charge in [-0.3, -0.25) is 4.79 Å². The van der Waals surface area contributed by atoms with Crippen LogP contribution in [0.1, 0.15) is 17.3 Å². The number of rotatable bonds is 4. The first-order chi connectivity index (χ1) is 9.56. The minimum atomic E-state index is -0.860. The second kappa shape index (κ2) is 6.67. The Kier molecular flexibility index (Phi) is 4.92. The predicted molar refractivity (Wildman–Crippen MR) is 82.0 cm³/mol. The van der Waals surface area contributed by atoms with Gasteiger partial charge in [0.25, 0.3) is 5.91 Å². The SMILES string of the molecule is C[C@H](OC(=O)c1ccsc1)C(=O)Nc1cccc(Br)c1. The standard InChI is InChI=1S/C14H12BrNO3S/c1-9(19-14(18)10-5-6-20-8-10)13(17)16-12-4-2-3-11(15)7-12/h2-9H,1H3,(H,16,17)/t9-/m0/s1. The van der Waals surface area contributed by atoms with Gasteiger partial charge in [-0.25, -0.2) is 4.79 Å².